The van der Waals surface area contributed by atoms with Gasteiger partial charge < -0.3 is 16.2 Å². The standard InChI is InChI=1S/C11H15N3O2/c12-10(16)8-2-3-9(13-6-8)14-11(7-15)4-1-5-11/h2-3,6,15H,1,4-5,7H2,(H2,12,16)(H,13,14). The number of anilines is 1. The van der Waals surface area contributed by atoms with Gasteiger partial charge in [-0.15, -0.1) is 0 Å². The Balaban J connectivity index is 2.07. The number of nitrogens with one attached hydrogen (secondary N) is 1. The number of carbonyl (C=O) groups excluding carboxylic acids is 1. The Kier molecular flexibility index (Phi) is 2.78. The topological polar surface area (TPSA) is 88.2 Å². The first-order valence-corrected chi connectivity index (χ1v) is 5.30. The SMILES string of the molecule is NC(=O)c1ccc(NC2(CO)CCC2)nc1. The highest BCUT2D eigenvalue weighted by atomic mass is 16.3. The van der Waals surface area contributed by atoms with Crippen LogP contribution in [-0.4, -0.2) is 28.1 Å². The summed E-state index contributed by atoms with van der Waals surface area (Å²) in [5.74, 6) is 0.179. The van der Waals surface area contributed by atoms with Crippen molar-refractivity contribution < 1.29 is 9.90 Å². The zero-order valence-electron chi connectivity index (χ0n) is 8.94. The summed E-state index contributed by atoms with van der Waals surface area (Å²) in [5.41, 5.74) is 5.28. The number of aromatic nitrogens is 1. The van der Waals surface area contributed by atoms with E-state index in [9.17, 15) is 9.90 Å². The quantitative estimate of drug-likeness (QED) is 0.691. The van der Waals surface area contributed by atoms with Crippen molar-refractivity contribution in [2.24, 2.45) is 5.73 Å². The van der Waals surface area contributed by atoms with Gasteiger partial charge in [0.2, 0.25) is 5.91 Å². The molecule has 0 saturated heterocycles. The Bertz CT molecular complexity index is 379. The van der Waals surface area contributed by atoms with Crippen molar-refractivity contribution >= 4 is 11.7 Å². The first kappa shape index (κ1) is 10.9. The van der Waals surface area contributed by atoms with Crippen LogP contribution in [0.5, 0.6) is 0 Å². The van der Waals surface area contributed by atoms with Crippen LogP contribution in [0.1, 0.15) is 29.6 Å². The maximum absolute atomic E-state index is 10.8. The van der Waals surface area contributed by atoms with Crippen molar-refractivity contribution in [3.63, 3.8) is 0 Å². The van der Waals surface area contributed by atoms with Crippen LogP contribution < -0.4 is 11.1 Å². The number of pyridine rings is 1. The molecule has 1 fully saturated rings. The number of amides is 1. The lowest BCUT2D eigenvalue weighted by atomic mass is 9.77. The molecule has 0 bridgehead atoms. The monoisotopic (exact) mass is 221 g/mol. The van der Waals surface area contributed by atoms with Gasteiger partial charge >= 0.3 is 0 Å². The predicted molar refractivity (Wildman–Crippen MR) is 60.0 cm³/mol. The summed E-state index contributed by atoms with van der Waals surface area (Å²) in [7, 11) is 0. The Morgan fingerprint density at radius 1 is 1.56 bits per heavy atom. The Hall–Kier alpha value is -1.62. The molecule has 5 heteroatoms. The minimum absolute atomic E-state index is 0.103. The minimum atomic E-state index is -0.487. The van der Waals surface area contributed by atoms with Crippen molar-refractivity contribution in [3.8, 4) is 0 Å². The Morgan fingerprint density at radius 2 is 2.31 bits per heavy atom. The third-order valence-electron chi connectivity index (χ3n) is 3.05. The normalized spacial score (nSPS) is 17.6. The second-order valence-corrected chi connectivity index (χ2v) is 4.21. The zero-order chi connectivity index (χ0) is 11.6. The van der Waals surface area contributed by atoms with Gasteiger partial charge in [-0.1, -0.05) is 0 Å². The fourth-order valence-corrected chi connectivity index (χ4v) is 1.81. The van der Waals surface area contributed by atoms with Crippen LogP contribution in [-0.2, 0) is 0 Å². The number of aliphatic hydroxyl groups is 1. The molecule has 5 nitrogen and oxygen atoms in total. The highest BCUT2D eigenvalue weighted by molar-refractivity contribution is 5.92. The highest BCUT2D eigenvalue weighted by Gasteiger charge is 2.36. The number of hydrogen-bond donors (Lipinski definition) is 3. The van der Waals surface area contributed by atoms with Crippen LogP contribution in [0, 0.1) is 0 Å². The molecule has 0 aliphatic heterocycles. The largest absolute Gasteiger partial charge is 0.394 e. The van der Waals surface area contributed by atoms with Crippen molar-refractivity contribution in [2.45, 2.75) is 24.8 Å². The first-order valence-electron chi connectivity index (χ1n) is 5.30. The average Bonchev–Trinajstić information content (AvgIpc) is 2.24. The Labute approximate surface area is 93.7 Å². The van der Waals surface area contributed by atoms with Crippen LogP contribution in [0.4, 0.5) is 5.82 Å². The molecule has 86 valence electrons. The molecule has 0 unspecified atom stereocenters. The van der Waals surface area contributed by atoms with Gasteiger partial charge in [0.25, 0.3) is 0 Å². The molecule has 1 aliphatic carbocycles. The number of carbonyl (C=O) groups is 1. The van der Waals surface area contributed by atoms with E-state index in [4.69, 9.17) is 5.73 Å². The lowest BCUT2D eigenvalue weighted by Gasteiger charge is -2.41. The number of nitrogens with two attached hydrogens (primary N) is 1. The van der Waals surface area contributed by atoms with E-state index in [0.29, 0.717) is 11.4 Å². The van der Waals surface area contributed by atoms with E-state index in [1.165, 1.54) is 6.20 Å². The number of nitrogens with zero attached hydrogens (tertiary/aromatic N) is 1. The number of hydrogen-bond acceptors (Lipinski definition) is 4. The van der Waals surface area contributed by atoms with Gasteiger partial charge in [-0.05, 0) is 31.4 Å². The van der Waals surface area contributed by atoms with Crippen LogP contribution >= 0.6 is 0 Å². The lowest BCUT2D eigenvalue weighted by molar-refractivity contribution is 0.1000. The molecule has 0 spiro atoms. The fraction of sp³-hybridized carbons (Fsp3) is 0.455. The Morgan fingerprint density at radius 3 is 2.69 bits per heavy atom. The first-order chi connectivity index (χ1) is 7.65. The maximum atomic E-state index is 10.8. The summed E-state index contributed by atoms with van der Waals surface area (Å²) in [6.45, 7) is 0.103. The van der Waals surface area contributed by atoms with Crippen LogP contribution in [0.15, 0.2) is 18.3 Å². The van der Waals surface area contributed by atoms with Gasteiger partial charge in [0.1, 0.15) is 5.82 Å². The van der Waals surface area contributed by atoms with E-state index in [1.54, 1.807) is 12.1 Å². The molecule has 16 heavy (non-hydrogen) atoms. The predicted octanol–water partition coefficient (Wildman–Crippen LogP) is 0.507. The molecule has 0 aromatic carbocycles. The maximum Gasteiger partial charge on any atom is 0.250 e. The van der Waals surface area contributed by atoms with E-state index in [-0.39, 0.29) is 12.1 Å². The molecule has 1 amide bonds. The summed E-state index contributed by atoms with van der Waals surface area (Å²) in [5, 5.41) is 12.5. The second kappa shape index (κ2) is 4.09. The van der Waals surface area contributed by atoms with E-state index in [1.807, 2.05) is 0 Å². The summed E-state index contributed by atoms with van der Waals surface area (Å²) >= 11 is 0. The number of rotatable bonds is 4. The molecule has 1 aliphatic rings. The molecule has 2 rings (SSSR count). The summed E-state index contributed by atoms with van der Waals surface area (Å²) in [4.78, 5) is 14.9. The van der Waals surface area contributed by atoms with Crippen molar-refractivity contribution in [1.29, 1.82) is 0 Å². The van der Waals surface area contributed by atoms with Gasteiger partial charge in [0.15, 0.2) is 0 Å². The smallest absolute Gasteiger partial charge is 0.250 e. The van der Waals surface area contributed by atoms with E-state index < -0.39 is 5.91 Å². The third-order valence-corrected chi connectivity index (χ3v) is 3.05. The average molecular weight is 221 g/mol. The molecule has 0 atom stereocenters. The summed E-state index contributed by atoms with van der Waals surface area (Å²) < 4.78 is 0. The van der Waals surface area contributed by atoms with Gasteiger partial charge in [-0.3, -0.25) is 4.79 Å². The van der Waals surface area contributed by atoms with Gasteiger partial charge in [0.05, 0.1) is 17.7 Å². The molecule has 1 heterocycles. The van der Waals surface area contributed by atoms with E-state index in [0.717, 1.165) is 19.3 Å². The van der Waals surface area contributed by atoms with Gasteiger partial charge in [-0.25, -0.2) is 4.98 Å². The zero-order valence-corrected chi connectivity index (χ0v) is 8.94. The minimum Gasteiger partial charge on any atom is -0.394 e. The van der Waals surface area contributed by atoms with Crippen molar-refractivity contribution in [1.82, 2.24) is 4.98 Å². The van der Waals surface area contributed by atoms with Gasteiger partial charge in [0, 0.05) is 6.20 Å². The van der Waals surface area contributed by atoms with Crippen LogP contribution in [0.25, 0.3) is 0 Å². The molecule has 0 radical (unpaired) electrons. The highest BCUT2D eigenvalue weighted by Crippen LogP contribution is 2.34. The fourth-order valence-electron chi connectivity index (χ4n) is 1.81. The third kappa shape index (κ3) is 1.99. The summed E-state index contributed by atoms with van der Waals surface area (Å²) in [6, 6.07) is 3.33. The van der Waals surface area contributed by atoms with Gasteiger partial charge in [-0.2, -0.15) is 0 Å². The number of primary amides is 1. The van der Waals surface area contributed by atoms with E-state index in [2.05, 4.69) is 10.3 Å². The van der Waals surface area contributed by atoms with Crippen LogP contribution in [0.3, 0.4) is 0 Å². The van der Waals surface area contributed by atoms with Crippen molar-refractivity contribution in [3.05, 3.63) is 23.9 Å². The van der Waals surface area contributed by atoms with Crippen molar-refractivity contribution in [2.75, 3.05) is 11.9 Å². The molecule has 1 aromatic rings. The van der Waals surface area contributed by atoms with E-state index >= 15 is 0 Å². The van der Waals surface area contributed by atoms with Crippen LogP contribution in [0.2, 0.25) is 0 Å². The molecular formula is C11H15N3O2. The molecular weight excluding hydrogens is 206 g/mol. The summed E-state index contributed by atoms with van der Waals surface area (Å²) in [6.07, 6.45) is 4.45. The second-order valence-electron chi connectivity index (χ2n) is 4.21. The molecule has 4 N–H and O–H groups in total. The molecule has 1 aromatic heterocycles. The number of aliphatic hydroxyl groups excluding tert-OH is 1. The lowest BCUT2D eigenvalue weighted by Crippen LogP contribution is -2.48. The molecule has 1 saturated carbocycles.